The van der Waals surface area contributed by atoms with Crippen molar-refractivity contribution >= 4 is 40.6 Å². The maximum Gasteiger partial charge on any atom is 0.344 e. The summed E-state index contributed by atoms with van der Waals surface area (Å²) < 4.78 is 5.30. The van der Waals surface area contributed by atoms with E-state index in [4.69, 9.17) is 9.84 Å². The summed E-state index contributed by atoms with van der Waals surface area (Å²) in [4.78, 5) is 28.2. The fraction of sp³-hybridized carbons (Fsp3) is 0.190. The van der Waals surface area contributed by atoms with Gasteiger partial charge in [0.15, 0.2) is 11.3 Å². The first-order chi connectivity index (χ1) is 13.3. The van der Waals surface area contributed by atoms with E-state index in [1.165, 1.54) is 18.7 Å². The minimum atomic E-state index is -1.03. The largest absolute Gasteiger partial charge is 0.479 e. The molecule has 144 valence electrons. The Bertz CT molecular complexity index is 980. The second-order valence-corrected chi connectivity index (χ2v) is 7.40. The van der Waals surface area contributed by atoms with Gasteiger partial charge in [-0.25, -0.2) is 9.79 Å². The van der Waals surface area contributed by atoms with Crippen LogP contribution in [0.15, 0.2) is 52.4 Å². The Morgan fingerprint density at radius 1 is 1.21 bits per heavy atom. The number of aliphatic carboxylic acids is 1. The van der Waals surface area contributed by atoms with Gasteiger partial charge in [-0.1, -0.05) is 24.3 Å². The molecule has 1 aliphatic rings. The fourth-order valence-electron chi connectivity index (χ4n) is 2.50. The van der Waals surface area contributed by atoms with Crippen molar-refractivity contribution in [1.82, 2.24) is 5.32 Å². The molecule has 1 heterocycles. The number of rotatable bonds is 5. The van der Waals surface area contributed by atoms with E-state index in [0.717, 1.165) is 22.4 Å². The molecule has 2 aromatic rings. The number of carbonyl (C=O) groups excluding carboxylic acids is 1. The highest BCUT2D eigenvalue weighted by Gasteiger charge is 2.24. The van der Waals surface area contributed by atoms with E-state index < -0.39 is 12.1 Å². The van der Waals surface area contributed by atoms with Crippen molar-refractivity contribution < 1.29 is 19.4 Å². The van der Waals surface area contributed by atoms with Crippen molar-refractivity contribution in [2.45, 2.75) is 26.9 Å². The van der Waals surface area contributed by atoms with Crippen LogP contribution >= 0.6 is 11.8 Å². The van der Waals surface area contributed by atoms with Crippen LogP contribution in [-0.4, -0.2) is 28.3 Å². The Morgan fingerprint density at radius 2 is 1.93 bits per heavy atom. The number of nitrogens with zero attached hydrogens (tertiary/aromatic N) is 1. The molecule has 0 saturated carbocycles. The lowest BCUT2D eigenvalue weighted by Gasteiger charge is -2.10. The Labute approximate surface area is 167 Å². The third-order valence-corrected chi connectivity index (χ3v) is 5.20. The van der Waals surface area contributed by atoms with Crippen LogP contribution in [0.2, 0.25) is 0 Å². The van der Waals surface area contributed by atoms with Gasteiger partial charge in [0.1, 0.15) is 5.75 Å². The van der Waals surface area contributed by atoms with Gasteiger partial charge in [-0.15, -0.1) is 0 Å². The quantitative estimate of drug-likeness (QED) is 0.745. The van der Waals surface area contributed by atoms with Crippen molar-refractivity contribution in [3.63, 3.8) is 0 Å². The van der Waals surface area contributed by atoms with Crippen LogP contribution in [0.25, 0.3) is 6.08 Å². The highest BCUT2D eigenvalue weighted by Crippen LogP contribution is 2.30. The Kier molecular flexibility index (Phi) is 5.84. The average molecular weight is 396 g/mol. The fourth-order valence-corrected chi connectivity index (χ4v) is 3.33. The summed E-state index contributed by atoms with van der Waals surface area (Å²) in [6, 6.07) is 12.8. The number of hydrogen-bond donors (Lipinski definition) is 2. The van der Waals surface area contributed by atoms with E-state index in [1.54, 1.807) is 30.3 Å². The predicted molar refractivity (Wildman–Crippen MR) is 111 cm³/mol. The van der Waals surface area contributed by atoms with Gasteiger partial charge in [0.05, 0.1) is 10.6 Å². The van der Waals surface area contributed by atoms with E-state index >= 15 is 0 Å². The number of ether oxygens (including phenoxy) is 1. The molecule has 0 aliphatic carbocycles. The van der Waals surface area contributed by atoms with Crippen molar-refractivity contribution in [2.75, 3.05) is 0 Å². The number of nitrogens with one attached hydrogen (secondary N) is 1. The molecule has 7 heteroatoms. The molecule has 2 N–H and O–H groups in total. The molecule has 1 fully saturated rings. The third-order valence-electron chi connectivity index (χ3n) is 4.29. The zero-order chi connectivity index (χ0) is 20.3. The van der Waals surface area contributed by atoms with Gasteiger partial charge >= 0.3 is 5.97 Å². The minimum absolute atomic E-state index is 0.200. The summed E-state index contributed by atoms with van der Waals surface area (Å²) in [5, 5.41) is 12.2. The van der Waals surface area contributed by atoms with Gasteiger partial charge in [-0.3, -0.25) is 4.79 Å². The third kappa shape index (κ3) is 4.61. The first kappa shape index (κ1) is 19.7. The molecule has 0 aromatic heterocycles. The van der Waals surface area contributed by atoms with Crippen LogP contribution in [0.3, 0.4) is 0 Å². The van der Waals surface area contributed by atoms with Crippen LogP contribution in [0, 0.1) is 13.8 Å². The monoisotopic (exact) mass is 396 g/mol. The number of amidine groups is 1. The number of thioether (sulfide) groups is 1. The SMILES string of the molecule is Cc1cccc(N=C2NC(=O)/C(=C/c3ccc(O[C@H](C)C(=O)O)cc3)S2)c1C. The van der Waals surface area contributed by atoms with Gasteiger partial charge in [0.25, 0.3) is 5.91 Å². The molecule has 0 unspecified atom stereocenters. The van der Waals surface area contributed by atoms with Crippen molar-refractivity contribution in [3.05, 3.63) is 64.1 Å². The Balaban J connectivity index is 1.74. The van der Waals surface area contributed by atoms with E-state index in [0.29, 0.717) is 15.8 Å². The summed E-state index contributed by atoms with van der Waals surface area (Å²) in [5.74, 6) is -0.771. The lowest BCUT2D eigenvalue weighted by atomic mass is 10.1. The average Bonchev–Trinajstić information content (AvgIpc) is 2.99. The van der Waals surface area contributed by atoms with Crippen LogP contribution in [0.5, 0.6) is 5.75 Å². The first-order valence-corrected chi connectivity index (χ1v) is 9.50. The van der Waals surface area contributed by atoms with E-state index in [9.17, 15) is 9.59 Å². The lowest BCUT2D eigenvalue weighted by Crippen LogP contribution is -2.22. The summed E-state index contributed by atoms with van der Waals surface area (Å²) in [7, 11) is 0. The number of aryl methyl sites for hydroxylation is 1. The van der Waals surface area contributed by atoms with Gasteiger partial charge in [0.2, 0.25) is 0 Å². The molecule has 0 spiro atoms. The Morgan fingerprint density at radius 3 is 2.61 bits per heavy atom. The van der Waals surface area contributed by atoms with Crippen LogP contribution < -0.4 is 10.1 Å². The zero-order valence-electron chi connectivity index (χ0n) is 15.7. The molecular formula is C21H20N2O4S. The molecular weight excluding hydrogens is 376 g/mol. The number of hydrogen-bond acceptors (Lipinski definition) is 5. The normalized spacial score (nSPS) is 17.6. The summed E-state index contributed by atoms with van der Waals surface area (Å²) in [5.41, 5.74) is 3.86. The highest BCUT2D eigenvalue weighted by atomic mass is 32.2. The number of amides is 1. The standard InChI is InChI=1S/C21H20N2O4S/c1-12-5-4-6-17(13(12)2)22-21-23-19(24)18(28-21)11-15-7-9-16(10-8-15)27-14(3)20(25)26/h4-11,14H,1-3H3,(H,25,26)(H,22,23,24)/b18-11-/t14-/m1/s1. The summed E-state index contributed by atoms with van der Waals surface area (Å²) in [6.07, 6.45) is 0.833. The number of carboxylic acid groups (broad SMARTS) is 1. The minimum Gasteiger partial charge on any atom is -0.479 e. The van der Waals surface area contributed by atoms with Gasteiger partial charge in [0, 0.05) is 0 Å². The number of aliphatic imine (C=N–C) groups is 1. The van der Waals surface area contributed by atoms with Gasteiger partial charge < -0.3 is 15.2 Å². The maximum atomic E-state index is 12.2. The maximum absolute atomic E-state index is 12.2. The van der Waals surface area contributed by atoms with Crippen LogP contribution in [-0.2, 0) is 9.59 Å². The van der Waals surface area contributed by atoms with E-state index in [2.05, 4.69) is 10.3 Å². The molecule has 0 bridgehead atoms. The molecule has 6 nitrogen and oxygen atoms in total. The highest BCUT2D eigenvalue weighted by molar-refractivity contribution is 8.18. The van der Waals surface area contributed by atoms with Gasteiger partial charge in [-0.05, 0) is 73.5 Å². The van der Waals surface area contributed by atoms with Crippen molar-refractivity contribution in [3.8, 4) is 5.75 Å². The number of carboxylic acids is 1. The molecule has 3 rings (SSSR count). The molecule has 1 saturated heterocycles. The molecule has 28 heavy (non-hydrogen) atoms. The number of benzene rings is 2. The van der Waals surface area contributed by atoms with E-state index in [-0.39, 0.29) is 5.91 Å². The molecule has 1 atom stereocenters. The second-order valence-electron chi connectivity index (χ2n) is 6.37. The second kappa shape index (κ2) is 8.31. The van der Waals surface area contributed by atoms with Crippen molar-refractivity contribution in [1.29, 1.82) is 0 Å². The Hall–Kier alpha value is -3.06. The van der Waals surface area contributed by atoms with E-state index in [1.807, 2.05) is 32.0 Å². The first-order valence-electron chi connectivity index (χ1n) is 8.69. The smallest absolute Gasteiger partial charge is 0.344 e. The summed E-state index contributed by atoms with van der Waals surface area (Å²) >= 11 is 1.28. The molecule has 1 amide bonds. The molecule has 0 radical (unpaired) electrons. The van der Waals surface area contributed by atoms with Crippen LogP contribution in [0.1, 0.15) is 23.6 Å². The van der Waals surface area contributed by atoms with Crippen molar-refractivity contribution in [2.24, 2.45) is 4.99 Å². The lowest BCUT2D eigenvalue weighted by molar-refractivity contribution is -0.144. The molecule has 1 aliphatic heterocycles. The predicted octanol–water partition coefficient (Wildman–Crippen LogP) is 4.05. The number of carbonyl (C=O) groups is 2. The zero-order valence-corrected chi connectivity index (χ0v) is 16.5. The van der Waals surface area contributed by atoms with Gasteiger partial charge in [-0.2, -0.15) is 0 Å². The topological polar surface area (TPSA) is 88.0 Å². The molecule has 2 aromatic carbocycles. The summed E-state index contributed by atoms with van der Waals surface area (Å²) in [6.45, 7) is 5.49. The van der Waals surface area contributed by atoms with Crippen LogP contribution in [0.4, 0.5) is 5.69 Å².